The topological polar surface area (TPSA) is 0 Å². The highest BCUT2D eigenvalue weighted by atomic mass is 35.6. The van der Waals surface area contributed by atoms with E-state index in [-0.39, 0.29) is 0 Å². The van der Waals surface area contributed by atoms with Crippen LogP contribution >= 0.6 is 19.0 Å². The second-order valence-corrected chi connectivity index (χ2v) is 16.7. The molecule has 0 aliphatic heterocycles. The lowest BCUT2D eigenvalue weighted by Gasteiger charge is -2.25. The van der Waals surface area contributed by atoms with E-state index < -0.39 is 15.3 Å². The molecule has 0 radical (unpaired) electrons. The second kappa shape index (κ2) is 7.40. The summed E-state index contributed by atoms with van der Waals surface area (Å²) in [6, 6.07) is 31.4. The number of aryl methyl sites for hydroxylation is 2. The normalized spacial score (nSPS) is 13.4. The van der Waals surface area contributed by atoms with Crippen LogP contribution in [0.25, 0.3) is 10.8 Å². The molecule has 0 N–H and O–H groups in total. The van der Waals surface area contributed by atoms with Crippen LogP contribution in [0.2, 0.25) is 13.1 Å². The molecule has 0 saturated carbocycles. The lowest BCUT2D eigenvalue weighted by Crippen LogP contribution is -2.38. The van der Waals surface area contributed by atoms with Gasteiger partial charge in [0.15, 0.2) is 7.38 Å². The van der Waals surface area contributed by atoms with Crippen LogP contribution in [0.5, 0.6) is 0 Å². The molecule has 0 heterocycles. The molecule has 0 nitrogen and oxygen atoms in total. The Bertz CT molecular complexity index is 1130. The molecule has 4 aromatic carbocycles. The zero-order valence-electron chi connectivity index (χ0n) is 16.8. The van der Waals surface area contributed by atoms with Crippen molar-refractivity contribution < 1.29 is 0 Å². The average Bonchev–Trinajstić information content (AvgIpc) is 3.15. The zero-order valence-corrected chi connectivity index (χ0v) is 19.5. The molecule has 1 aliphatic carbocycles. The number of hydrogen-bond acceptors (Lipinski definition) is 0. The van der Waals surface area contributed by atoms with Crippen LogP contribution < -0.4 is 21.1 Å². The predicted octanol–water partition coefficient (Wildman–Crippen LogP) is 5.35. The third-order valence-corrected chi connectivity index (χ3v) is 10.7. The van der Waals surface area contributed by atoms with Gasteiger partial charge in [0.25, 0.3) is 0 Å². The maximum absolute atomic E-state index is 7.08. The fourth-order valence-corrected chi connectivity index (χ4v) is 8.96. The highest BCUT2D eigenvalue weighted by molar-refractivity contribution is 7.80. The minimum atomic E-state index is -2.01. The molecule has 3 heteroatoms. The molecule has 0 spiro atoms. The zero-order chi connectivity index (χ0) is 20.0. The summed E-state index contributed by atoms with van der Waals surface area (Å²) in [7, 11) is -2.65. The van der Waals surface area contributed by atoms with Gasteiger partial charge < -0.3 is 0 Å². The van der Waals surface area contributed by atoms with E-state index in [2.05, 4.69) is 98.0 Å². The van der Waals surface area contributed by atoms with Crippen molar-refractivity contribution in [3.63, 3.8) is 0 Å². The van der Waals surface area contributed by atoms with Crippen molar-refractivity contribution in [2.24, 2.45) is 0 Å². The molecule has 0 fully saturated rings. The summed E-state index contributed by atoms with van der Waals surface area (Å²) in [6.07, 6.45) is 2.29. The number of benzene rings is 4. The first-order chi connectivity index (χ1) is 14.0. The molecule has 29 heavy (non-hydrogen) atoms. The minimum Gasteiger partial charge on any atom is -0.161 e. The molecular weight excluding hydrogens is 407 g/mol. The van der Waals surface area contributed by atoms with Crippen molar-refractivity contribution in [2.75, 3.05) is 0 Å². The van der Waals surface area contributed by atoms with E-state index in [1.54, 1.807) is 0 Å². The summed E-state index contributed by atoms with van der Waals surface area (Å²) in [5.74, 6) is 0. The van der Waals surface area contributed by atoms with E-state index in [0.717, 1.165) is 12.8 Å². The van der Waals surface area contributed by atoms with Gasteiger partial charge in [0.2, 0.25) is 0 Å². The lowest BCUT2D eigenvalue weighted by molar-refractivity contribution is 1.02. The monoisotopic (exact) mass is 430 g/mol. The summed E-state index contributed by atoms with van der Waals surface area (Å²) in [5, 5.41) is 8.57. The first kappa shape index (κ1) is 19.1. The molecule has 5 rings (SSSR count). The maximum atomic E-state index is 7.08. The minimum absolute atomic E-state index is 0.643. The number of hydrogen-bond donors (Lipinski definition) is 0. The first-order valence-corrected chi connectivity index (χ1v) is 15.6. The van der Waals surface area contributed by atoms with E-state index >= 15 is 0 Å². The van der Waals surface area contributed by atoms with Gasteiger partial charge in [-0.05, 0) is 63.8 Å². The van der Waals surface area contributed by atoms with Crippen molar-refractivity contribution in [1.82, 2.24) is 0 Å². The van der Waals surface area contributed by atoms with Crippen LogP contribution in [0.4, 0.5) is 0 Å². The smallest absolute Gasteiger partial charge is 0.161 e. The Hall–Kier alpha value is -1.92. The summed E-state index contributed by atoms with van der Waals surface area (Å²) in [4.78, 5) is 0. The van der Waals surface area contributed by atoms with Crippen LogP contribution in [0.15, 0.2) is 84.9 Å². The van der Waals surface area contributed by atoms with Gasteiger partial charge in [-0.3, -0.25) is 0 Å². The van der Waals surface area contributed by atoms with Crippen molar-refractivity contribution in [2.45, 2.75) is 25.9 Å². The van der Waals surface area contributed by atoms with Crippen molar-refractivity contribution in [3.05, 3.63) is 96.1 Å². The van der Waals surface area contributed by atoms with Crippen LogP contribution in [0, 0.1) is 0 Å². The Labute approximate surface area is 180 Å². The Morgan fingerprint density at radius 2 is 1.17 bits per heavy atom. The van der Waals surface area contributed by atoms with Gasteiger partial charge in [0.05, 0.1) is 0 Å². The number of halogens is 1. The van der Waals surface area contributed by atoms with E-state index in [4.69, 9.17) is 11.1 Å². The number of rotatable bonds is 4. The molecule has 144 valence electrons. The van der Waals surface area contributed by atoms with Gasteiger partial charge >= 0.3 is 0 Å². The van der Waals surface area contributed by atoms with E-state index in [0.29, 0.717) is 0 Å². The molecule has 0 atom stereocenters. The standard InChI is InChI=1S/C26H24ClPSi/c1-29(2,27)24-18-16-20-14-13-19-15-17-23(26(24)25(19)20)28(21-9-5-3-6-10-21)22-11-7-4-8-12-22/h3-12,15-18H,13-14H2,1-2H3. The predicted molar refractivity (Wildman–Crippen MR) is 133 cm³/mol. The quantitative estimate of drug-likeness (QED) is 0.232. The van der Waals surface area contributed by atoms with Crippen molar-refractivity contribution in [3.8, 4) is 0 Å². The summed E-state index contributed by atoms with van der Waals surface area (Å²) >= 11 is 7.08. The first-order valence-electron chi connectivity index (χ1n) is 10.2. The summed E-state index contributed by atoms with van der Waals surface area (Å²) < 4.78 is 0. The average molecular weight is 431 g/mol. The van der Waals surface area contributed by atoms with Crippen molar-refractivity contribution >= 4 is 58.3 Å². The van der Waals surface area contributed by atoms with E-state index in [9.17, 15) is 0 Å². The van der Waals surface area contributed by atoms with Crippen LogP contribution in [0.3, 0.4) is 0 Å². The largest absolute Gasteiger partial charge is 0.181 e. The Morgan fingerprint density at radius 3 is 1.69 bits per heavy atom. The molecule has 0 aromatic heterocycles. The SMILES string of the molecule is C[Si](C)(Cl)c1ccc2c3c(ccc(P(c4ccccc4)c4ccccc4)c13)CC2. The van der Waals surface area contributed by atoms with Gasteiger partial charge in [0.1, 0.15) is 0 Å². The highest BCUT2D eigenvalue weighted by Gasteiger charge is 2.30. The van der Waals surface area contributed by atoms with Gasteiger partial charge in [-0.2, -0.15) is 11.1 Å². The summed E-state index contributed by atoms with van der Waals surface area (Å²) in [5.41, 5.74) is 2.98. The van der Waals surface area contributed by atoms with Gasteiger partial charge in [-0.25, -0.2) is 0 Å². The third-order valence-electron chi connectivity index (χ3n) is 5.89. The van der Waals surface area contributed by atoms with Crippen LogP contribution in [-0.4, -0.2) is 7.38 Å². The molecule has 1 aliphatic rings. The second-order valence-electron chi connectivity index (χ2n) is 8.25. The summed E-state index contributed by atoms with van der Waals surface area (Å²) in [6.45, 7) is 4.51. The third kappa shape index (κ3) is 3.36. The molecular formula is C26H24ClPSi. The van der Waals surface area contributed by atoms with Crippen LogP contribution in [-0.2, 0) is 12.8 Å². The maximum Gasteiger partial charge on any atom is 0.181 e. The van der Waals surface area contributed by atoms with E-state index in [1.807, 2.05) is 0 Å². The van der Waals surface area contributed by atoms with Crippen LogP contribution in [0.1, 0.15) is 11.1 Å². The van der Waals surface area contributed by atoms with Gasteiger partial charge in [-0.15, -0.1) is 0 Å². The molecule has 4 aromatic rings. The Morgan fingerprint density at radius 1 is 0.655 bits per heavy atom. The van der Waals surface area contributed by atoms with E-state index in [1.165, 1.54) is 43.0 Å². The fraction of sp³-hybridized carbons (Fsp3) is 0.154. The Balaban J connectivity index is 1.88. The highest BCUT2D eigenvalue weighted by Crippen LogP contribution is 2.39. The lowest BCUT2D eigenvalue weighted by atomic mass is 10.1. The van der Waals surface area contributed by atoms with Gasteiger partial charge in [-0.1, -0.05) is 98.0 Å². The fourth-order valence-electron chi connectivity index (χ4n) is 4.57. The molecule has 0 saturated heterocycles. The Kier molecular flexibility index (Phi) is 4.86. The van der Waals surface area contributed by atoms with Crippen molar-refractivity contribution in [1.29, 1.82) is 0 Å². The molecule has 0 unspecified atom stereocenters. The van der Waals surface area contributed by atoms with Gasteiger partial charge in [0, 0.05) is 0 Å². The molecule has 0 amide bonds. The molecule has 0 bridgehead atoms.